The second kappa shape index (κ2) is 5.61. The lowest BCUT2D eigenvalue weighted by Gasteiger charge is -2.14. The average Bonchev–Trinajstić information content (AvgIpc) is 2.85. The normalized spacial score (nSPS) is 17.7. The Morgan fingerprint density at radius 3 is 2.57 bits per heavy atom. The number of halogens is 2. The molecular weight excluding hydrogens is 329 g/mol. The Labute approximate surface area is 133 Å². The van der Waals surface area contributed by atoms with Crippen molar-refractivity contribution in [3.8, 4) is 0 Å². The van der Waals surface area contributed by atoms with Crippen molar-refractivity contribution < 1.29 is 8.42 Å². The van der Waals surface area contributed by atoms with Crippen LogP contribution < -0.4 is 4.72 Å². The van der Waals surface area contributed by atoms with Crippen LogP contribution in [0, 0.1) is 0 Å². The van der Waals surface area contributed by atoms with Gasteiger partial charge in [0.15, 0.2) is 0 Å². The van der Waals surface area contributed by atoms with Crippen molar-refractivity contribution >= 4 is 33.2 Å². The molecule has 1 aliphatic carbocycles. The molecule has 1 N–H and O–H groups in total. The molecule has 2 aromatic carbocycles. The summed E-state index contributed by atoms with van der Waals surface area (Å²) >= 11 is 11.7. The first-order chi connectivity index (χ1) is 9.97. The predicted octanol–water partition coefficient (Wildman–Crippen LogP) is 3.96. The van der Waals surface area contributed by atoms with Crippen LogP contribution in [0.3, 0.4) is 0 Å². The van der Waals surface area contributed by atoms with Gasteiger partial charge in [-0.05, 0) is 42.2 Å². The molecule has 0 bridgehead atoms. The molecule has 3 rings (SSSR count). The van der Waals surface area contributed by atoms with E-state index in [0.29, 0.717) is 5.02 Å². The molecule has 0 unspecified atom stereocenters. The third-order valence-electron chi connectivity index (χ3n) is 3.63. The zero-order chi connectivity index (χ0) is 15.0. The highest BCUT2D eigenvalue weighted by Crippen LogP contribution is 2.32. The lowest BCUT2D eigenvalue weighted by atomic mass is 10.1. The van der Waals surface area contributed by atoms with Crippen LogP contribution in [-0.2, 0) is 16.4 Å². The Hall–Kier alpha value is -1.07. The van der Waals surface area contributed by atoms with E-state index < -0.39 is 10.0 Å². The summed E-state index contributed by atoms with van der Waals surface area (Å²) in [5.74, 6) is 0. The van der Waals surface area contributed by atoms with Gasteiger partial charge in [-0.15, -0.1) is 0 Å². The van der Waals surface area contributed by atoms with Crippen LogP contribution in [0.1, 0.15) is 23.6 Å². The van der Waals surface area contributed by atoms with Crippen molar-refractivity contribution in [2.45, 2.75) is 23.8 Å². The first-order valence-electron chi connectivity index (χ1n) is 6.52. The summed E-state index contributed by atoms with van der Waals surface area (Å²) in [6, 6.07) is 12.0. The fourth-order valence-electron chi connectivity index (χ4n) is 2.58. The zero-order valence-electron chi connectivity index (χ0n) is 11.0. The van der Waals surface area contributed by atoms with Crippen molar-refractivity contribution in [3.05, 3.63) is 63.6 Å². The molecule has 110 valence electrons. The first-order valence-corrected chi connectivity index (χ1v) is 8.76. The van der Waals surface area contributed by atoms with Gasteiger partial charge in [0.25, 0.3) is 0 Å². The van der Waals surface area contributed by atoms with E-state index in [1.807, 2.05) is 24.3 Å². The van der Waals surface area contributed by atoms with Gasteiger partial charge >= 0.3 is 0 Å². The number of hydrogen-bond donors (Lipinski definition) is 1. The zero-order valence-corrected chi connectivity index (χ0v) is 13.3. The Morgan fingerprint density at radius 2 is 1.81 bits per heavy atom. The van der Waals surface area contributed by atoms with E-state index in [9.17, 15) is 8.42 Å². The number of hydrogen-bond acceptors (Lipinski definition) is 2. The monoisotopic (exact) mass is 341 g/mol. The quantitative estimate of drug-likeness (QED) is 0.918. The van der Waals surface area contributed by atoms with Crippen molar-refractivity contribution in [1.29, 1.82) is 0 Å². The standard InChI is InChI=1S/C15H13Cl2NO2S/c16-13-7-6-11(9-14(13)17)21(19,20)18-15-8-5-10-3-1-2-4-12(10)15/h1-4,6-7,9,15,18H,5,8H2/t15-/m0/s1. The van der Waals surface area contributed by atoms with Crippen LogP contribution in [0.15, 0.2) is 47.4 Å². The maximum atomic E-state index is 12.4. The molecule has 0 fully saturated rings. The molecule has 1 atom stereocenters. The van der Waals surface area contributed by atoms with E-state index in [4.69, 9.17) is 23.2 Å². The first kappa shape index (κ1) is 14.9. The van der Waals surface area contributed by atoms with Crippen LogP contribution in [0.25, 0.3) is 0 Å². The van der Waals surface area contributed by atoms with E-state index in [0.717, 1.165) is 18.4 Å². The van der Waals surface area contributed by atoms with Gasteiger partial charge in [-0.3, -0.25) is 0 Å². The van der Waals surface area contributed by atoms with Gasteiger partial charge in [-0.25, -0.2) is 13.1 Å². The summed E-state index contributed by atoms with van der Waals surface area (Å²) in [5, 5.41) is 0.563. The Bertz CT molecular complexity index is 790. The van der Waals surface area contributed by atoms with E-state index in [2.05, 4.69) is 4.72 Å². The van der Waals surface area contributed by atoms with Crippen molar-refractivity contribution in [3.63, 3.8) is 0 Å². The summed E-state index contributed by atoms with van der Waals surface area (Å²) in [6.07, 6.45) is 1.64. The summed E-state index contributed by atoms with van der Waals surface area (Å²) in [6.45, 7) is 0. The molecule has 0 aliphatic heterocycles. The Morgan fingerprint density at radius 1 is 1.05 bits per heavy atom. The summed E-state index contributed by atoms with van der Waals surface area (Å²) in [7, 11) is -3.62. The molecule has 2 aromatic rings. The second-order valence-corrected chi connectivity index (χ2v) is 7.52. The van der Waals surface area contributed by atoms with Crippen molar-refractivity contribution in [1.82, 2.24) is 4.72 Å². The molecule has 0 saturated heterocycles. The Balaban J connectivity index is 1.89. The predicted molar refractivity (Wildman–Crippen MR) is 84.3 cm³/mol. The molecule has 6 heteroatoms. The number of fused-ring (bicyclic) bond motifs is 1. The molecule has 0 heterocycles. The molecule has 0 radical (unpaired) electrons. The highest BCUT2D eigenvalue weighted by atomic mass is 35.5. The van der Waals surface area contributed by atoms with Gasteiger partial charge in [-0.1, -0.05) is 47.5 Å². The van der Waals surface area contributed by atoms with Gasteiger partial charge in [-0.2, -0.15) is 0 Å². The van der Waals surface area contributed by atoms with Crippen molar-refractivity contribution in [2.24, 2.45) is 0 Å². The van der Waals surface area contributed by atoms with Crippen LogP contribution in [0.2, 0.25) is 10.0 Å². The van der Waals surface area contributed by atoms with Gasteiger partial charge in [0.1, 0.15) is 0 Å². The average molecular weight is 342 g/mol. The SMILES string of the molecule is O=S(=O)(N[C@H]1CCc2ccccc21)c1ccc(Cl)c(Cl)c1. The van der Waals surface area contributed by atoms with E-state index in [1.54, 1.807) is 0 Å². The molecule has 1 aliphatic rings. The number of aryl methyl sites for hydroxylation is 1. The molecule has 3 nitrogen and oxygen atoms in total. The summed E-state index contributed by atoms with van der Waals surface area (Å²) < 4.78 is 27.6. The maximum Gasteiger partial charge on any atom is 0.241 e. The van der Waals surface area contributed by atoms with E-state index in [1.165, 1.54) is 23.8 Å². The lowest BCUT2D eigenvalue weighted by molar-refractivity contribution is 0.554. The molecule has 0 spiro atoms. The Kier molecular flexibility index (Phi) is 3.97. The third kappa shape index (κ3) is 2.94. The highest BCUT2D eigenvalue weighted by molar-refractivity contribution is 7.89. The third-order valence-corrected chi connectivity index (χ3v) is 5.84. The molecule has 0 amide bonds. The van der Waals surface area contributed by atoms with Crippen LogP contribution in [-0.4, -0.2) is 8.42 Å². The highest BCUT2D eigenvalue weighted by Gasteiger charge is 2.27. The van der Waals surface area contributed by atoms with E-state index in [-0.39, 0.29) is 16.0 Å². The van der Waals surface area contributed by atoms with Gasteiger partial charge in [0.2, 0.25) is 10.0 Å². The molecule has 21 heavy (non-hydrogen) atoms. The van der Waals surface area contributed by atoms with Crippen LogP contribution in [0.4, 0.5) is 0 Å². The number of nitrogens with one attached hydrogen (secondary N) is 1. The van der Waals surface area contributed by atoms with Crippen LogP contribution >= 0.6 is 23.2 Å². The number of rotatable bonds is 3. The molecule has 0 saturated carbocycles. The minimum Gasteiger partial charge on any atom is -0.207 e. The maximum absolute atomic E-state index is 12.4. The van der Waals surface area contributed by atoms with E-state index >= 15 is 0 Å². The smallest absolute Gasteiger partial charge is 0.207 e. The minimum absolute atomic E-state index is 0.126. The topological polar surface area (TPSA) is 46.2 Å². The van der Waals surface area contributed by atoms with Crippen LogP contribution in [0.5, 0.6) is 0 Å². The molecule has 0 aromatic heterocycles. The summed E-state index contributed by atoms with van der Waals surface area (Å²) in [4.78, 5) is 0.126. The van der Waals surface area contributed by atoms with Gasteiger partial charge < -0.3 is 0 Å². The number of sulfonamides is 1. The molecular formula is C15H13Cl2NO2S. The summed E-state index contributed by atoms with van der Waals surface area (Å²) in [5.41, 5.74) is 2.24. The fraction of sp³-hybridized carbons (Fsp3) is 0.200. The minimum atomic E-state index is -3.62. The van der Waals surface area contributed by atoms with Gasteiger partial charge in [0.05, 0.1) is 14.9 Å². The van der Waals surface area contributed by atoms with Gasteiger partial charge in [0, 0.05) is 6.04 Å². The fourth-order valence-corrected chi connectivity index (χ4v) is 4.22. The second-order valence-electron chi connectivity index (χ2n) is 4.99. The lowest BCUT2D eigenvalue weighted by Crippen LogP contribution is -2.27. The van der Waals surface area contributed by atoms with Crippen molar-refractivity contribution in [2.75, 3.05) is 0 Å². The number of benzene rings is 2. The largest absolute Gasteiger partial charge is 0.241 e.